The maximum atomic E-state index is 11.5. The van der Waals surface area contributed by atoms with Gasteiger partial charge in [-0.2, -0.15) is 0 Å². The molecule has 0 heterocycles. The SMILES string of the molecule is CCCCCCOc1ccc(C#Cc2ccc(C#Cc3ccc(C(=O)OC)cc3)cc2)cc1. The molecule has 0 N–H and O–H groups in total. The maximum absolute atomic E-state index is 11.5. The van der Waals surface area contributed by atoms with Crippen molar-refractivity contribution >= 4 is 5.97 Å². The normalized spacial score (nSPS) is 9.76. The molecule has 0 fully saturated rings. The van der Waals surface area contributed by atoms with Gasteiger partial charge in [-0.1, -0.05) is 49.9 Å². The first-order valence-electron chi connectivity index (χ1n) is 11.2. The predicted molar refractivity (Wildman–Crippen MR) is 132 cm³/mol. The lowest BCUT2D eigenvalue weighted by atomic mass is 10.1. The van der Waals surface area contributed by atoms with E-state index in [9.17, 15) is 4.79 Å². The van der Waals surface area contributed by atoms with Crippen LogP contribution in [0.25, 0.3) is 0 Å². The summed E-state index contributed by atoms with van der Waals surface area (Å²) >= 11 is 0. The Morgan fingerprint density at radius 2 is 1.12 bits per heavy atom. The third-order valence-corrected chi connectivity index (χ3v) is 5.01. The van der Waals surface area contributed by atoms with E-state index in [1.165, 1.54) is 26.4 Å². The Hall–Kier alpha value is -3.95. The molecule has 33 heavy (non-hydrogen) atoms. The zero-order chi connectivity index (χ0) is 23.3. The van der Waals surface area contributed by atoms with E-state index in [1.807, 2.05) is 60.7 Å². The van der Waals surface area contributed by atoms with Crippen molar-refractivity contribution in [1.82, 2.24) is 0 Å². The van der Waals surface area contributed by atoms with Crippen LogP contribution in [0.5, 0.6) is 5.75 Å². The minimum absolute atomic E-state index is 0.353. The van der Waals surface area contributed by atoms with Crippen molar-refractivity contribution in [3.05, 3.63) is 101 Å². The number of carbonyl (C=O) groups is 1. The minimum atomic E-state index is -0.353. The van der Waals surface area contributed by atoms with Crippen molar-refractivity contribution in [3.63, 3.8) is 0 Å². The van der Waals surface area contributed by atoms with Crippen LogP contribution in [0.2, 0.25) is 0 Å². The van der Waals surface area contributed by atoms with E-state index in [1.54, 1.807) is 12.1 Å². The largest absolute Gasteiger partial charge is 0.494 e. The Balaban J connectivity index is 1.54. The molecule has 3 nitrogen and oxygen atoms in total. The van der Waals surface area contributed by atoms with Crippen LogP contribution < -0.4 is 4.74 Å². The van der Waals surface area contributed by atoms with Gasteiger partial charge in [-0.15, -0.1) is 0 Å². The first-order chi connectivity index (χ1) is 16.2. The zero-order valence-electron chi connectivity index (χ0n) is 19.2. The molecule has 0 saturated carbocycles. The number of benzene rings is 3. The molecule has 0 amide bonds. The highest BCUT2D eigenvalue weighted by atomic mass is 16.5. The van der Waals surface area contributed by atoms with E-state index >= 15 is 0 Å². The van der Waals surface area contributed by atoms with Gasteiger partial charge in [0, 0.05) is 22.3 Å². The highest BCUT2D eigenvalue weighted by Gasteiger charge is 2.03. The number of carbonyl (C=O) groups excluding carboxylic acids is 1. The van der Waals surface area contributed by atoms with Crippen molar-refractivity contribution in [2.75, 3.05) is 13.7 Å². The second-order valence-corrected chi connectivity index (χ2v) is 7.58. The molecule has 3 aromatic rings. The van der Waals surface area contributed by atoms with Gasteiger partial charge in [0.05, 0.1) is 19.3 Å². The molecule has 0 aliphatic carbocycles. The van der Waals surface area contributed by atoms with Crippen molar-refractivity contribution in [3.8, 4) is 29.4 Å². The van der Waals surface area contributed by atoms with Gasteiger partial charge in [0.15, 0.2) is 0 Å². The van der Waals surface area contributed by atoms with E-state index in [-0.39, 0.29) is 5.97 Å². The van der Waals surface area contributed by atoms with Crippen LogP contribution in [-0.2, 0) is 4.74 Å². The molecular weight excluding hydrogens is 408 g/mol. The van der Waals surface area contributed by atoms with E-state index in [2.05, 4.69) is 30.6 Å². The summed E-state index contributed by atoms with van der Waals surface area (Å²) in [5.41, 5.74) is 4.13. The summed E-state index contributed by atoms with van der Waals surface area (Å²) in [5.74, 6) is 13.1. The van der Waals surface area contributed by atoms with Crippen LogP contribution >= 0.6 is 0 Å². The van der Waals surface area contributed by atoms with E-state index in [0.29, 0.717) is 5.56 Å². The molecule has 3 heteroatoms. The number of ether oxygens (including phenoxy) is 2. The lowest BCUT2D eigenvalue weighted by Crippen LogP contribution is -2.00. The standard InChI is InChI=1S/C30H28O3/c1-3-4-5-6-23-33-29-21-17-27(18-22-29)14-12-25-9-7-24(8-10-25)11-13-26-15-19-28(20-16-26)30(31)32-2/h7-10,15-22H,3-6,23H2,1-2H3. The minimum Gasteiger partial charge on any atom is -0.494 e. The molecule has 0 atom stereocenters. The Morgan fingerprint density at radius 3 is 1.58 bits per heavy atom. The molecule has 0 saturated heterocycles. The molecule has 0 aliphatic rings. The second-order valence-electron chi connectivity index (χ2n) is 7.58. The van der Waals surface area contributed by atoms with Crippen LogP contribution in [0.15, 0.2) is 72.8 Å². The van der Waals surface area contributed by atoms with E-state index in [0.717, 1.165) is 41.0 Å². The molecule has 0 aliphatic heterocycles. The number of unbranched alkanes of at least 4 members (excludes halogenated alkanes) is 3. The maximum Gasteiger partial charge on any atom is 0.337 e. The van der Waals surface area contributed by atoms with Crippen molar-refractivity contribution in [2.45, 2.75) is 32.6 Å². The highest BCUT2D eigenvalue weighted by molar-refractivity contribution is 5.89. The molecule has 0 bridgehead atoms. The van der Waals surface area contributed by atoms with Crippen molar-refractivity contribution < 1.29 is 14.3 Å². The van der Waals surface area contributed by atoms with Gasteiger partial charge in [0.1, 0.15) is 5.75 Å². The Labute approximate surface area is 196 Å². The number of rotatable bonds is 7. The Morgan fingerprint density at radius 1 is 0.667 bits per heavy atom. The van der Waals surface area contributed by atoms with Gasteiger partial charge in [-0.25, -0.2) is 4.79 Å². The third kappa shape index (κ3) is 7.91. The summed E-state index contributed by atoms with van der Waals surface area (Å²) in [4.78, 5) is 11.5. The van der Waals surface area contributed by atoms with Gasteiger partial charge in [0.2, 0.25) is 0 Å². The number of hydrogen-bond acceptors (Lipinski definition) is 3. The van der Waals surface area contributed by atoms with E-state index in [4.69, 9.17) is 9.47 Å². The molecule has 3 rings (SSSR count). The summed E-state index contributed by atoms with van der Waals surface area (Å²) < 4.78 is 10.5. The third-order valence-electron chi connectivity index (χ3n) is 5.01. The van der Waals surface area contributed by atoms with Crippen LogP contribution in [0.3, 0.4) is 0 Å². The molecule has 0 unspecified atom stereocenters. The number of hydrogen-bond donors (Lipinski definition) is 0. The summed E-state index contributed by atoms with van der Waals surface area (Å²) in [7, 11) is 1.37. The van der Waals surface area contributed by atoms with Crippen LogP contribution in [0, 0.1) is 23.7 Å². The molecule has 166 valence electrons. The topological polar surface area (TPSA) is 35.5 Å². The van der Waals surface area contributed by atoms with Crippen molar-refractivity contribution in [2.24, 2.45) is 0 Å². The summed E-state index contributed by atoms with van der Waals surface area (Å²) in [6, 6.07) is 22.8. The Kier molecular flexibility index (Phi) is 9.19. The molecule has 3 aromatic carbocycles. The molecular formula is C30H28O3. The molecule has 0 aromatic heterocycles. The van der Waals surface area contributed by atoms with Gasteiger partial charge >= 0.3 is 5.97 Å². The van der Waals surface area contributed by atoms with Gasteiger partial charge in [-0.3, -0.25) is 0 Å². The Bertz CT molecular complexity index is 1150. The molecule has 0 spiro atoms. The first kappa shape index (κ1) is 23.7. The average molecular weight is 437 g/mol. The lowest BCUT2D eigenvalue weighted by molar-refractivity contribution is 0.0600. The van der Waals surface area contributed by atoms with Gasteiger partial charge in [0.25, 0.3) is 0 Å². The van der Waals surface area contributed by atoms with Crippen LogP contribution in [-0.4, -0.2) is 19.7 Å². The summed E-state index contributed by atoms with van der Waals surface area (Å²) in [5, 5.41) is 0. The zero-order valence-corrected chi connectivity index (χ0v) is 19.2. The molecule has 0 radical (unpaired) electrons. The van der Waals surface area contributed by atoms with Crippen molar-refractivity contribution in [1.29, 1.82) is 0 Å². The van der Waals surface area contributed by atoms with Gasteiger partial charge < -0.3 is 9.47 Å². The quantitative estimate of drug-likeness (QED) is 0.250. The average Bonchev–Trinajstić information content (AvgIpc) is 2.87. The fourth-order valence-corrected chi connectivity index (χ4v) is 3.09. The lowest BCUT2D eigenvalue weighted by Gasteiger charge is -2.05. The monoisotopic (exact) mass is 436 g/mol. The highest BCUT2D eigenvalue weighted by Crippen LogP contribution is 2.13. The van der Waals surface area contributed by atoms with Gasteiger partial charge in [-0.05, 0) is 79.2 Å². The number of esters is 1. The fraction of sp³-hybridized carbons (Fsp3) is 0.233. The first-order valence-corrected chi connectivity index (χ1v) is 11.2. The smallest absolute Gasteiger partial charge is 0.337 e. The summed E-state index contributed by atoms with van der Waals surface area (Å²) in [6.45, 7) is 2.97. The summed E-state index contributed by atoms with van der Waals surface area (Å²) in [6.07, 6.45) is 4.81. The predicted octanol–water partition coefficient (Wildman–Crippen LogP) is 6.23. The number of methoxy groups -OCH3 is 1. The van der Waals surface area contributed by atoms with E-state index < -0.39 is 0 Å². The van der Waals surface area contributed by atoms with Crippen LogP contribution in [0.4, 0.5) is 0 Å². The van der Waals surface area contributed by atoms with Crippen LogP contribution in [0.1, 0.15) is 65.2 Å². The fourth-order valence-electron chi connectivity index (χ4n) is 3.09. The second kappa shape index (κ2) is 12.8.